The van der Waals surface area contributed by atoms with E-state index in [0.29, 0.717) is 24.1 Å². The molecular weight excluding hydrogens is 479 g/mol. The minimum atomic E-state index is -0.0366. The van der Waals surface area contributed by atoms with E-state index < -0.39 is 0 Å². The predicted molar refractivity (Wildman–Crippen MR) is 130 cm³/mol. The Kier molecular flexibility index (Phi) is 12.2. The van der Waals surface area contributed by atoms with Gasteiger partial charge in [-0.05, 0) is 56.2 Å². The topological polar surface area (TPSA) is 74.8 Å². The molecule has 1 fully saturated rings. The van der Waals surface area contributed by atoms with Crippen molar-refractivity contribution in [3.8, 4) is 0 Å². The Morgan fingerprint density at radius 3 is 2.31 bits per heavy atom. The van der Waals surface area contributed by atoms with Crippen molar-refractivity contribution in [2.75, 3.05) is 33.4 Å². The van der Waals surface area contributed by atoms with Crippen LogP contribution in [0, 0.1) is 5.41 Å². The van der Waals surface area contributed by atoms with Crippen molar-refractivity contribution in [1.29, 1.82) is 0 Å². The molecule has 1 aliphatic rings. The second-order valence-electron chi connectivity index (χ2n) is 7.56. The molecule has 0 atom stereocenters. The number of amides is 1. The quantitative estimate of drug-likeness (QED) is 0.252. The Hall–Kier alpha value is -1.35. The summed E-state index contributed by atoms with van der Waals surface area (Å²) in [6.07, 6.45) is 6.21. The van der Waals surface area contributed by atoms with Crippen molar-refractivity contribution in [3.05, 3.63) is 35.4 Å². The van der Waals surface area contributed by atoms with Crippen molar-refractivity contribution < 1.29 is 9.53 Å². The summed E-state index contributed by atoms with van der Waals surface area (Å²) in [6.45, 7) is 7.78. The standard InChI is InChI=1S/C22H36N4O2.HI/c1-4-23-20(27)19-10-8-18(9-11-19)16-25-21(24-5-2)26-17-22(14-15-28-3)12-6-7-13-22;/h8-11H,4-7,12-17H2,1-3H3,(H,23,27)(H2,24,25,26);1H. The van der Waals surface area contributed by atoms with E-state index in [1.807, 2.05) is 31.2 Å². The third kappa shape index (κ3) is 8.50. The molecule has 0 aromatic heterocycles. The van der Waals surface area contributed by atoms with Crippen LogP contribution in [0.2, 0.25) is 0 Å². The maximum Gasteiger partial charge on any atom is 0.251 e. The third-order valence-electron chi connectivity index (χ3n) is 5.45. The number of halogens is 1. The fourth-order valence-corrected chi connectivity index (χ4v) is 3.77. The molecule has 164 valence electrons. The highest BCUT2D eigenvalue weighted by molar-refractivity contribution is 14.0. The van der Waals surface area contributed by atoms with Gasteiger partial charge in [0.1, 0.15) is 0 Å². The zero-order valence-corrected chi connectivity index (χ0v) is 20.4. The second-order valence-corrected chi connectivity index (χ2v) is 7.56. The van der Waals surface area contributed by atoms with E-state index in [9.17, 15) is 4.79 Å². The number of hydrogen-bond acceptors (Lipinski definition) is 3. The molecule has 0 aliphatic heterocycles. The van der Waals surface area contributed by atoms with Crippen LogP contribution in [0.5, 0.6) is 0 Å². The monoisotopic (exact) mass is 516 g/mol. The maximum atomic E-state index is 11.9. The SMILES string of the molecule is CCNC(=O)c1ccc(CN=C(NCC)NCC2(CCOC)CCCC2)cc1.I. The molecule has 3 N–H and O–H groups in total. The molecule has 0 unspecified atom stereocenters. The molecular formula is C22H37IN4O2. The highest BCUT2D eigenvalue weighted by Gasteiger charge is 2.33. The Morgan fingerprint density at radius 1 is 1.07 bits per heavy atom. The fraction of sp³-hybridized carbons (Fsp3) is 0.636. The van der Waals surface area contributed by atoms with Crippen LogP contribution in [0.3, 0.4) is 0 Å². The van der Waals surface area contributed by atoms with Gasteiger partial charge >= 0.3 is 0 Å². The summed E-state index contributed by atoms with van der Waals surface area (Å²) in [6, 6.07) is 7.65. The number of nitrogens with one attached hydrogen (secondary N) is 3. The number of hydrogen-bond donors (Lipinski definition) is 3. The van der Waals surface area contributed by atoms with Gasteiger partial charge in [-0.15, -0.1) is 24.0 Å². The van der Waals surface area contributed by atoms with Crippen molar-refractivity contribution in [1.82, 2.24) is 16.0 Å². The Morgan fingerprint density at radius 2 is 1.72 bits per heavy atom. The van der Waals surface area contributed by atoms with E-state index in [1.165, 1.54) is 25.7 Å². The average Bonchev–Trinajstić information content (AvgIpc) is 3.18. The number of aliphatic imine (C=N–C) groups is 1. The number of ether oxygens (including phenoxy) is 1. The first kappa shape index (κ1) is 25.7. The molecule has 6 nitrogen and oxygen atoms in total. The lowest BCUT2D eigenvalue weighted by Crippen LogP contribution is -2.43. The van der Waals surface area contributed by atoms with Gasteiger partial charge in [0.25, 0.3) is 5.91 Å². The highest BCUT2D eigenvalue weighted by atomic mass is 127. The summed E-state index contributed by atoms with van der Waals surface area (Å²) in [7, 11) is 1.78. The summed E-state index contributed by atoms with van der Waals surface area (Å²) in [4.78, 5) is 16.6. The van der Waals surface area contributed by atoms with Gasteiger partial charge in [0, 0.05) is 38.9 Å². The van der Waals surface area contributed by atoms with Gasteiger partial charge < -0.3 is 20.7 Å². The van der Waals surface area contributed by atoms with Crippen LogP contribution < -0.4 is 16.0 Å². The van der Waals surface area contributed by atoms with Crippen LogP contribution in [-0.2, 0) is 11.3 Å². The van der Waals surface area contributed by atoms with E-state index in [2.05, 4.69) is 22.9 Å². The van der Waals surface area contributed by atoms with Crippen molar-refractivity contribution >= 4 is 35.8 Å². The number of methoxy groups -OCH3 is 1. The summed E-state index contributed by atoms with van der Waals surface area (Å²) >= 11 is 0. The van der Waals surface area contributed by atoms with E-state index in [4.69, 9.17) is 9.73 Å². The van der Waals surface area contributed by atoms with Crippen LogP contribution in [0.4, 0.5) is 0 Å². The molecule has 0 saturated heterocycles. The molecule has 1 saturated carbocycles. The molecule has 2 rings (SSSR count). The molecule has 29 heavy (non-hydrogen) atoms. The first-order valence-corrected chi connectivity index (χ1v) is 10.5. The lowest BCUT2D eigenvalue weighted by Gasteiger charge is -2.30. The van der Waals surface area contributed by atoms with E-state index >= 15 is 0 Å². The Bertz CT molecular complexity index is 628. The Labute approximate surface area is 192 Å². The fourth-order valence-electron chi connectivity index (χ4n) is 3.77. The van der Waals surface area contributed by atoms with Crippen LogP contribution >= 0.6 is 24.0 Å². The summed E-state index contributed by atoms with van der Waals surface area (Å²) < 4.78 is 5.33. The molecule has 1 aromatic carbocycles. The molecule has 0 radical (unpaired) electrons. The largest absolute Gasteiger partial charge is 0.385 e. The molecule has 0 bridgehead atoms. The maximum absolute atomic E-state index is 11.9. The number of guanidine groups is 1. The van der Waals surface area contributed by atoms with Gasteiger partial charge in [-0.25, -0.2) is 4.99 Å². The minimum Gasteiger partial charge on any atom is -0.385 e. The van der Waals surface area contributed by atoms with E-state index in [-0.39, 0.29) is 29.9 Å². The average molecular weight is 516 g/mol. The van der Waals surface area contributed by atoms with Crippen LogP contribution in [0.15, 0.2) is 29.3 Å². The minimum absolute atomic E-state index is 0. The number of rotatable bonds is 10. The van der Waals surface area contributed by atoms with Crippen LogP contribution in [0.25, 0.3) is 0 Å². The van der Waals surface area contributed by atoms with Gasteiger partial charge in [0.05, 0.1) is 6.54 Å². The first-order chi connectivity index (χ1) is 13.6. The zero-order valence-electron chi connectivity index (χ0n) is 18.1. The van der Waals surface area contributed by atoms with Gasteiger partial charge in [0.2, 0.25) is 0 Å². The molecule has 0 heterocycles. The summed E-state index contributed by atoms with van der Waals surface area (Å²) in [5.74, 6) is 0.810. The molecule has 1 aromatic rings. The van der Waals surface area contributed by atoms with Crippen LogP contribution in [0.1, 0.15) is 61.9 Å². The number of benzene rings is 1. The highest BCUT2D eigenvalue weighted by Crippen LogP contribution is 2.40. The molecule has 0 spiro atoms. The van der Waals surface area contributed by atoms with Crippen LogP contribution in [-0.4, -0.2) is 45.2 Å². The van der Waals surface area contributed by atoms with Gasteiger partial charge in [0.15, 0.2) is 5.96 Å². The zero-order chi connectivity index (χ0) is 20.2. The lowest BCUT2D eigenvalue weighted by molar-refractivity contribution is 0.0956. The predicted octanol–water partition coefficient (Wildman–Crippen LogP) is 3.71. The van der Waals surface area contributed by atoms with Crippen molar-refractivity contribution in [2.45, 2.75) is 52.5 Å². The lowest BCUT2D eigenvalue weighted by atomic mass is 9.83. The number of nitrogens with zero attached hydrogens (tertiary/aromatic N) is 1. The van der Waals surface area contributed by atoms with Gasteiger partial charge in [-0.1, -0.05) is 25.0 Å². The summed E-state index contributed by atoms with van der Waals surface area (Å²) in [5, 5.41) is 9.70. The normalized spacial score (nSPS) is 15.5. The number of carbonyl (C=O) groups is 1. The van der Waals surface area contributed by atoms with E-state index in [1.54, 1.807) is 7.11 Å². The Balaban J connectivity index is 0.00000420. The van der Waals surface area contributed by atoms with E-state index in [0.717, 1.165) is 37.6 Å². The summed E-state index contributed by atoms with van der Waals surface area (Å²) in [5.41, 5.74) is 2.08. The molecule has 1 amide bonds. The smallest absolute Gasteiger partial charge is 0.251 e. The van der Waals surface area contributed by atoms with Crippen molar-refractivity contribution in [2.24, 2.45) is 10.4 Å². The number of carbonyl (C=O) groups excluding carboxylic acids is 1. The van der Waals surface area contributed by atoms with Gasteiger partial charge in [-0.2, -0.15) is 0 Å². The van der Waals surface area contributed by atoms with Gasteiger partial charge in [-0.3, -0.25) is 4.79 Å². The second kappa shape index (κ2) is 13.8. The molecule has 1 aliphatic carbocycles. The first-order valence-electron chi connectivity index (χ1n) is 10.5. The molecule has 7 heteroatoms. The third-order valence-corrected chi connectivity index (χ3v) is 5.45. The van der Waals surface area contributed by atoms with Crippen molar-refractivity contribution in [3.63, 3.8) is 0 Å².